The van der Waals surface area contributed by atoms with E-state index in [9.17, 15) is 22.8 Å². The predicted octanol–water partition coefficient (Wildman–Crippen LogP) is 4.78. The molecule has 2 aromatic rings. The molecular formula is C20H19F3N2O2. The van der Waals surface area contributed by atoms with E-state index in [-0.39, 0.29) is 11.5 Å². The van der Waals surface area contributed by atoms with E-state index >= 15 is 0 Å². The number of rotatable bonds is 3. The molecule has 1 fully saturated rings. The number of carbonyl (C=O) groups excluding carboxylic acids is 2. The van der Waals surface area contributed by atoms with Crippen molar-refractivity contribution < 1.29 is 22.8 Å². The van der Waals surface area contributed by atoms with E-state index in [2.05, 4.69) is 5.32 Å². The van der Waals surface area contributed by atoms with Gasteiger partial charge >= 0.3 is 6.18 Å². The molecule has 1 heterocycles. The van der Waals surface area contributed by atoms with Crippen molar-refractivity contribution >= 4 is 23.2 Å². The van der Waals surface area contributed by atoms with Crippen molar-refractivity contribution in [2.75, 3.05) is 16.8 Å². The average molecular weight is 376 g/mol. The second-order valence-electron chi connectivity index (χ2n) is 6.54. The van der Waals surface area contributed by atoms with Gasteiger partial charge in [0.15, 0.2) is 0 Å². The first-order valence-corrected chi connectivity index (χ1v) is 8.65. The zero-order valence-electron chi connectivity index (χ0n) is 14.8. The lowest BCUT2D eigenvalue weighted by Crippen LogP contribution is -2.35. The highest BCUT2D eigenvalue weighted by Crippen LogP contribution is 2.30. The van der Waals surface area contributed by atoms with Crippen LogP contribution in [-0.4, -0.2) is 18.4 Å². The van der Waals surface area contributed by atoms with E-state index in [0.717, 1.165) is 30.5 Å². The summed E-state index contributed by atoms with van der Waals surface area (Å²) in [4.78, 5) is 26.2. The molecule has 1 aliphatic rings. The summed E-state index contributed by atoms with van der Waals surface area (Å²) in [5.74, 6) is -0.605. The highest BCUT2D eigenvalue weighted by Gasteiger charge is 2.31. The largest absolute Gasteiger partial charge is 0.416 e. The molecule has 1 aliphatic heterocycles. The Morgan fingerprint density at radius 2 is 1.89 bits per heavy atom. The Balaban J connectivity index is 1.83. The lowest BCUT2D eigenvalue weighted by Gasteiger charge is -2.28. The van der Waals surface area contributed by atoms with E-state index in [1.54, 1.807) is 23.1 Å². The summed E-state index contributed by atoms with van der Waals surface area (Å²) in [6.45, 7) is 2.49. The summed E-state index contributed by atoms with van der Waals surface area (Å²) in [6, 6.07) is 9.39. The topological polar surface area (TPSA) is 49.4 Å². The third-order valence-electron chi connectivity index (χ3n) is 4.53. The van der Waals surface area contributed by atoms with E-state index in [4.69, 9.17) is 0 Å². The van der Waals surface area contributed by atoms with E-state index in [1.165, 1.54) is 12.1 Å². The third-order valence-corrected chi connectivity index (χ3v) is 4.53. The summed E-state index contributed by atoms with van der Waals surface area (Å²) in [6.07, 6.45) is -2.26. The van der Waals surface area contributed by atoms with Crippen molar-refractivity contribution in [1.29, 1.82) is 0 Å². The molecule has 1 saturated heterocycles. The Bertz CT molecular complexity index is 878. The van der Waals surface area contributed by atoms with Crippen LogP contribution in [0.5, 0.6) is 0 Å². The first-order valence-electron chi connectivity index (χ1n) is 8.65. The van der Waals surface area contributed by atoms with E-state index in [1.807, 2.05) is 6.92 Å². The molecule has 0 aliphatic carbocycles. The molecule has 1 N–H and O–H groups in total. The van der Waals surface area contributed by atoms with Gasteiger partial charge in [-0.25, -0.2) is 0 Å². The SMILES string of the molecule is Cc1ccc(NC(=O)c2cccc(C(F)(F)F)c2)cc1N1CCCCC1=O. The molecular weight excluding hydrogens is 357 g/mol. The van der Waals surface area contributed by atoms with Crippen molar-refractivity contribution in [2.24, 2.45) is 0 Å². The number of nitrogens with zero attached hydrogens (tertiary/aromatic N) is 1. The predicted molar refractivity (Wildman–Crippen MR) is 96.8 cm³/mol. The van der Waals surface area contributed by atoms with Crippen LogP contribution in [0.25, 0.3) is 0 Å². The van der Waals surface area contributed by atoms with Gasteiger partial charge in [0.1, 0.15) is 0 Å². The molecule has 0 unspecified atom stereocenters. The lowest BCUT2D eigenvalue weighted by molar-refractivity contribution is -0.137. The Kier molecular flexibility index (Phi) is 5.21. The molecule has 142 valence electrons. The molecule has 0 saturated carbocycles. The standard InChI is InChI=1S/C20H19F3N2O2/c1-13-8-9-16(12-17(13)25-10-3-2-7-18(25)26)24-19(27)14-5-4-6-15(11-14)20(21,22)23/h4-6,8-9,11-12H,2-3,7,10H2,1H3,(H,24,27). The van der Waals surface area contributed by atoms with Crippen molar-refractivity contribution in [1.82, 2.24) is 0 Å². The Hall–Kier alpha value is -2.83. The van der Waals surface area contributed by atoms with Gasteiger partial charge in [0.05, 0.1) is 5.56 Å². The Morgan fingerprint density at radius 1 is 1.11 bits per heavy atom. The maximum atomic E-state index is 12.8. The summed E-state index contributed by atoms with van der Waals surface area (Å²) in [5, 5.41) is 2.61. The molecule has 2 amide bonds. The van der Waals surface area contributed by atoms with Crippen LogP contribution >= 0.6 is 0 Å². The molecule has 0 radical (unpaired) electrons. The Morgan fingerprint density at radius 3 is 2.59 bits per heavy atom. The molecule has 27 heavy (non-hydrogen) atoms. The van der Waals surface area contributed by atoms with Crippen LogP contribution in [0.4, 0.5) is 24.5 Å². The van der Waals surface area contributed by atoms with Crippen molar-refractivity contribution in [2.45, 2.75) is 32.4 Å². The van der Waals surface area contributed by atoms with Gasteiger partial charge in [0.25, 0.3) is 5.91 Å². The maximum absolute atomic E-state index is 12.8. The fraction of sp³-hybridized carbons (Fsp3) is 0.300. The fourth-order valence-corrected chi connectivity index (χ4v) is 3.08. The number of carbonyl (C=O) groups is 2. The first-order chi connectivity index (χ1) is 12.8. The van der Waals surface area contributed by atoms with Gasteiger partial charge in [0.2, 0.25) is 5.91 Å². The zero-order chi connectivity index (χ0) is 19.6. The number of piperidine rings is 1. The lowest BCUT2D eigenvalue weighted by atomic mass is 10.1. The van der Waals surface area contributed by atoms with Gasteiger partial charge in [-0.2, -0.15) is 13.2 Å². The second-order valence-corrected chi connectivity index (χ2v) is 6.54. The van der Waals surface area contributed by atoms with Crippen LogP contribution in [0.2, 0.25) is 0 Å². The maximum Gasteiger partial charge on any atom is 0.416 e. The molecule has 0 aromatic heterocycles. The summed E-state index contributed by atoms with van der Waals surface area (Å²) in [7, 11) is 0. The molecule has 0 atom stereocenters. The quantitative estimate of drug-likeness (QED) is 0.838. The minimum atomic E-state index is -4.51. The minimum absolute atomic E-state index is 0.0331. The molecule has 4 nitrogen and oxygen atoms in total. The fourth-order valence-electron chi connectivity index (χ4n) is 3.08. The van der Waals surface area contributed by atoms with Crippen LogP contribution in [0.15, 0.2) is 42.5 Å². The molecule has 7 heteroatoms. The molecule has 0 bridgehead atoms. The smallest absolute Gasteiger partial charge is 0.322 e. The number of halogens is 3. The summed E-state index contributed by atoms with van der Waals surface area (Å²) >= 11 is 0. The van der Waals surface area contributed by atoms with Gasteiger partial charge in [-0.05, 0) is 55.7 Å². The first kappa shape index (κ1) is 18.9. The van der Waals surface area contributed by atoms with Crippen LogP contribution in [-0.2, 0) is 11.0 Å². The highest BCUT2D eigenvalue weighted by molar-refractivity contribution is 6.05. The number of nitrogens with one attached hydrogen (secondary N) is 1. The molecule has 2 aromatic carbocycles. The molecule has 3 rings (SSSR count). The number of amides is 2. The van der Waals surface area contributed by atoms with Crippen LogP contribution < -0.4 is 10.2 Å². The van der Waals surface area contributed by atoms with Gasteiger partial charge in [0, 0.05) is 29.9 Å². The normalized spacial score (nSPS) is 15.0. The van der Waals surface area contributed by atoms with E-state index in [0.29, 0.717) is 24.3 Å². The van der Waals surface area contributed by atoms with Crippen LogP contribution in [0, 0.1) is 6.92 Å². The number of anilines is 2. The van der Waals surface area contributed by atoms with Gasteiger partial charge in [-0.3, -0.25) is 9.59 Å². The third kappa shape index (κ3) is 4.30. The zero-order valence-corrected chi connectivity index (χ0v) is 14.8. The average Bonchev–Trinajstić information content (AvgIpc) is 2.63. The van der Waals surface area contributed by atoms with Gasteiger partial charge in [-0.1, -0.05) is 12.1 Å². The number of hydrogen-bond acceptors (Lipinski definition) is 2. The highest BCUT2D eigenvalue weighted by atomic mass is 19.4. The molecule has 0 spiro atoms. The number of benzene rings is 2. The number of alkyl halides is 3. The number of hydrogen-bond donors (Lipinski definition) is 1. The van der Waals surface area contributed by atoms with Crippen molar-refractivity contribution in [3.8, 4) is 0 Å². The van der Waals surface area contributed by atoms with Crippen LogP contribution in [0.1, 0.15) is 40.7 Å². The Labute approximate surface area is 155 Å². The minimum Gasteiger partial charge on any atom is -0.322 e. The monoisotopic (exact) mass is 376 g/mol. The van der Waals surface area contributed by atoms with Crippen LogP contribution in [0.3, 0.4) is 0 Å². The van der Waals surface area contributed by atoms with E-state index < -0.39 is 17.6 Å². The van der Waals surface area contributed by atoms with Gasteiger partial charge < -0.3 is 10.2 Å². The summed E-state index contributed by atoms with van der Waals surface area (Å²) in [5.41, 5.74) is 1.07. The van der Waals surface area contributed by atoms with Crippen molar-refractivity contribution in [3.63, 3.8) is 0 Å². The van der Waals surface area contributed by atoms with Crippen molar-refractivity contribution in [3.05, 3.63) is 59.2 Å². The van der Waals surface area contributed by atoms with Gasteiger partial charge in [-0.15, -0.1) is 0 Å². The summed E-state index contributed by atoms with van der Waals surface area (Å²) < 4.78 is 38.5. The number of aryl methyl sites for hydroxylation is 1. The second kappa shape index (κ2) is 7.42.